The lowest BCUT2D eigenvalue weighted by atomic mass is 10.0. The van der Waals surface area contributed by atoms with Crippen LogP contribution in [0, 0.1) is 20.2 Å². The number of carbonyl (C=O) groups is 5. The highest BCUT2D eigenvalue weighted by atomic mass is 35.5. The van der Waals surface area contributed by atoms with E-state index in [0.29, 0.717) is 11.1 Å². The van der Waals surface area contributed by atoms with Gasteiger partial charge in [-0.3, -0.25) is 39.5 Å². The van der Waals surface area contributed by atoms with Gasteiger partial charge in [0.05, 0.1) is 14.9 Å². The van der Waals surface area contributed by atoms with Crippen molar-refractivity contribution in [1.29, 1.82) is 0 Å². The van der Waals surface area contributed by atoms with E-state index in [9.17, 15) is 44.2 Å². The van der Waals surface area contributed by atoms with E-state index in [1.165, 1.54) is 60.3 Å². The summed E-state index contributed by atoms with van der Waals surface area (Å²) in [5.41, 5.74) is 0.617. The average molecular weight is 704 g/mol. The van der Waals surface area contributed by atoms with Gasteiger partial charge in [0.15, 0.2) is 0 Å². The second-order valence-electron chi connectivity index (χ2n) is 10.6. The van der Waals surface area contributed by atoms with Crippen LogP contribution >= 0.6 is 23.4 Å². The lowest BCUT2D eigenvalue weighted by molar-refractivity contribution is -0.385. The van der Waals surface area contributed by atoms with Crippen molar-refractivity contribution in [3.05, 3.63) is 90.6 Å². The second-order valence-corrected chi connectivity index (χ2v) is 12.2. The van der Waals surface area contributed by atoms with Crippen LogP contribution in [-0.4, -0.2) is 67.6 Å². The van der Waals surface area contributed by atoms with Crippen molar-refractivity contribution in [1.82, 2.24) is 15.5 Å². The maximum absolute atomic E-state index is 13.0. The van der Waals surface area contributed by atoms with Crippen LogP contribution < -0.4 is 10.6 Å². The molecule has 0 aromatic heterocycles. The van der Waals surface area contributed by atoms with Gasteiger partial charge in [-0.25, -0.2) is 9.59 Å². The number of hydrogen-bond donors (Lipinski definition) is 2. The zero-order chi connectivity index (χ0) is 35.0. The smallest absolute Gasteiger partial charge is 0.356 e. The van der Waals surface area contributed by atoms with Crippen LogP contribution in [0.5, 0.6) is 0 Å². The van der Waals surface area contributed by atoms with Crippen LogP contribution in [0.4, 0.5) is 11.4 Å². The quantitative estimate of drug-likeness (QED) is 0.118. The van der Waals surface area contributed by atoms with Gasteiger partial charge < -0.3 is 20.1 Å². The van der Waals surface area contributed by atoms with Crippen LogP contribution in [0.15, 0.2) is 59.3 Å². The van der Waals surface area contributed by atoms with E-state index in [1.54, 1.807) is 6.92 Å². The second kappa shape index (κ2) is 16.2. The van der Waals surface area contributed by atoms with E-state index in [0.717, 1.165) is 4.90 Å². The number of nitro groups is 2. The van der Waals surface area contributed by atoms with Crippen LogP contribution in [0.1, 0.15) is 43.7 Å². The van der Waals surface area contributed by atoms with Crippen molar-refractivity contribution in [2.45, 2.75) is 63.3 Å². The molecule has 2 heterocycles. The Balaban J connectivity index is 1.26. The Labute approximate surface area is 282 Å². The largest absolute Gasteiger partial charge is 0.459 e. The fourth-order valence-electron chi connectivity index (χ4n) is 4.73. The Morgan fingerprint density at radius 2 is 1.52 bits per heavy atom. The fourth-order valence-corrected chi connectivity index (χ4v) is 6.28. The summed E-state index contributed by atoms with van der Waals surface area (Å²) in [6.45, 7) is 1.21. The number of ether oxygens (including phenoxy) is 2. The lowest BCUT2D eigenvalue weighted by Crippen LogP contribution is -2.70. The number of halogens is 1. The van der Waals surface area contributed by atoms with Crippen molar-refractivity contribution >= 4 is 64.4 Å². The number of benzene rings is 2. The average Bonchev–Trinajstić information content (AvgIpc) is 3.08. The third kappa shape index (κ3) is 8.86. The van der Waals surface area contributed by atoms with Crippen LogP contribution in [0.25, 0.3) is 0 Å². The summed E-state index contributed by atoms with van der Waals surface area (Å²) < 4.78 is 10.6. The molecule has 2 aromatic carbocycles. The number of hydrogen-bond acceptors (Lipinski definition) is 12. The van der Waals surface area contributed by atoms with Crippen molar-refractivity contribution in [2.75, 3.05) is 5.75 Å². The minimum absolute atomic E-state index is 0.0598. The van der Waals surface area contributed by atoms with Gasteiger partial charge in [-0.1, -0.05) is 18.5 Å². The molecule has 2 unspecified atom stereocenters. The molecule has 2 N–H and O–H groups in total. The Morgan fingerprint density at radius 1 is 0.958 bits per heavy atom. The molecule has 0 saturated carbocycles. The molecule has 3 atom stereocenters. The van der Waals surface area contributed by atoms with Gasteiger partial charge in [0.1, 0.15) is 36.4 Å². The Hall–Kier alpha value is -5.03. The van der Waals surface area contributed by atoms with Gasteiger partial charge in [0.25, 0.3) is 17.3 Å². The highest BCUT2D eigenvalue weighted by Gasteiger charge is 2.54. The molecule has 4 rings (SSSR count). The molecule has 18 heteroatoms. The maximum Gasteiger partial charge on any atom is 0.356 e. The van der Waals surface area contributed by atoms with Gasteiger partial charge in [-0.05, 0) is 48.2 Å². The van der Waals surface area contributed by atoms with Gasteiger partial charge in [0.2, 0.25) is 11.8 Å². The Bertz CT molecular complexity index is 1630. The number of nitrogens with zero attached hydrogens (tertiary/aromatic N) is 3. The molecular weight excluding hydrogens is 674 g/mol. The van der Waals surface area contributed by atoms with Crippen molar-refractivity contribution in [3.8, 4) is 0 Å². The first kappa shape index (κ1) is 35.8. The molecule has 2 aromatic rings. The Morgan fingerprint density at radius 3 is 2.06 bits per heavy atom. The van der Waals surface area contributed by atoms with Gasteiger partial charge in [-0.2, -0.15) is 0 Å². The first-order valence-electron chi connectivity index (χ1n) is 14.6. The van der Waals surface area contributed by atoms with Crippen molar-refractivity contribution in [3.63, 3.8) is 0 Å². The molecule has 1 saturated heterocycles. The fraction of sp³-hybridized carbons (Fsp3) is 0.367. The summed E-state index contributed by atoms with van der Waals surface area (Å²) in [6, 6.07) is 8.87. The van der Waals surface area contributed by atoms with Gasteiger partial charge in [0, 0.05) is 42.9 Å². The normalized spacial score (nSPS) is 17.4. The van der Waals surface area contributed by atoms with Gasteiger partial charge in [-0.15, -0.1) is 11.8 Å². The summed E-state index contributed by atoms with van der Waals surface area (Å²) in [5, 5.41) is 26.4. The van der Waals surface area contributed by atoms with E-state index in [4.69, 9.17) is 21.1 Å². The van der Waals surface area contributed by atoms with Crippen LogP contribution in [-0.2, 0) is 46.7 Å². The predicted octanol–water partition coefficient (Wildman–Crippen LogP) is 3.21. The number of rotatable bonds is 15. The van der Waals surface area contributed by atoms with E-state index in [1.807, 2.05) is 0 Å². The van der Waals surface area contributed by atoms with E-state index in [2.05, 4.69) is 10.6 Å². The number of non-ortho nitro benzene ring substituents is 2. The first-order valence-corrected chi connectivity index (χ1v) is 16.0. The molecule has 48 heavy (non-hydrogen) atoms. The van der Waals surface area contributed by atoms with E-state index in [-0.39, 0.29) is 66.8 Å². The number of carbonyl (C=O) groups excluding carboxylic acids is 5. The number of amides is 3. The molecule has 0 bridgehead atoms. The summed E-state index contributed by atoms with van der Waals surface area (Å²) >= 11 is 7.53. The molecule has 16 nitrogen and oxygen atoms in total. The summed E-state index contributed by atoms with van der Waals surface area (Å²) in [7, 11) is 0. The number of esters is 2. The van der Waals surface area contributed by atoms with E-state index >= 15 is 0 Å². The maximum atomic E-state index is 13.0. The summed E-state index contributed by atoms with van der Waals surface area (Å²) in [6.07, 6.45) is 0.235. The third-order valence-electron chi connectivity index (χ3n) is 7.31. The highest BCUT2D eigenvalue weighted by molar-refractivity contribution is 8.00. The van der Waals surface area contributed by atoms with Crippen molar-refractivity contribution in [2.24, 2.45) is 0 Å². The van der Waals surface area contributed by atoms with Crippen LogP contribution in [0.3, 0.4) is 0 Å². The molecule has 0 radical (unpaired) electrons. The molecule has 1 fully saturated rings. The van der Waals surface area contributed by atoms with Gasteiger partial charge >= 0.3 is 11.9 Å². The van der Waals surface area contributed by atoms with Crippen molar-refractivity contribution < 1.29 is 43.3 Å². The monoisotopic (exact) mass is 703 g/mol. The lowest BCUT2D eigenvalue weighted by Gasteiger charge is -2.49. The molecule has 0 aliphatic carbocycles. The number of nitrogens with one attached hydrogen (secondary N) is 2. The standard InChI is InChI=1S/C30H30ClN5O11S/c1-2-23(37)32-22(29(40)46-14-17-6-10-19(11-7-17)35(42)43)4-3-5-24(38)33-25-27(39)34-26(21(31)16-48-28(25)34)30(41)47-15-18-8-12-20(13-9-18)36(44)45/h6-13,22,25,28H,2-5,14-16H2,1H3,(H,32,37)(H,33,38)/t22?,25?,28-/m0/s1. The SMILES string of the molecule is CCC(=O)NC(CCCC(=O)NC1C(=O)N2C(C(=O)OCc3ccc([N+](=O)[O-])cc3)=C(Cl)CS[C@@H]12)C(=O)OCc1ccc([N+](=O)[O-])cc1. The topological polar surface area (TPSA) is 217 Å². The van der Waals surface area contributed by atoms with E-state index < -0.39 is 57.0 Å². The minimum Gasteiger partial charge on any atom is -0.459 e. The molecule has 254 valence electrons. The predicted molar refractivity (Wildman–Crippen MR) is 170 cm³/mol. The Kier molecular flexibility index (Phi) is 12.1. The number of thioether (sulfide) groups is 1. The van der Waals surface area contributed by atoms with Crippen LogP contribution in [0.2, 0.25) is 0 Å². The molecular formula is C30H30ClN5O11S. The number of β-lactam (4-membered cyclic amide) rings is 1. The third-order valence-corrected chi connectivity index (χ3v) is 9.07. The minimum atomic E-state index is -1.05. The first-order chi connectivity index (χ1) is 22.9. The summed E-state index contributed by atoms with van der Waals surface area (Å²) in [5.74, 6) is -2.87. The molecule has 2 aliphatic heterocycles. The zero-order valence-electron chi connectivity index (χ0n) is 25.4. The number of nitro benzene ring substituents is 2. The number of fused-ring (bicyclic) bond motifs is 1. The molecule has 3 amide bonds. The molecule has 0 spiro atoms. The summed E-state index contributed by atoms with van der Waals surface area (Å²) in [4.78, 5) is 85.2. The highest BCUT2D eigenvalue weighted by Crippen LogP contribution is 2.41. The zero-order valence-corrected chi connectivity index (χ0v) is 27.0. The molecule has 2 aliphatic rings.